The van der Waals surface area contributed by atoms with Crippen LogP contribution in [0.15, 0.2) is 72.8 Å². The van der Waals surface area contributed by atoms with E-state index in [9.17, 15) is 0 Å². The molecule has 10 rings (SSSR count). The first-order valence-electron chi connectivity index (χ1n) is 25.2. The van der Waals surface area contributed by atoms with E-state index in [-0.39, 0.29) is 44.6 Å². The van der Waals surface area contributed by atoms with Gasteiger partial charge >= 0.3 is 0 Å². The highest BCUT2D eigenvalue weighted by Crippen LogP contribution is 2.55. The summed E-state index contributed by atoms with van der Waals surface area (Å²) in [5, 5.41) is 1.41. The lowest BCUT2D eigenvalue weighted by atomic mass is 9.36. The van der Waals surface area contributed by atoms with Gasteiger partial charge in [-0.2, -0.15) is 0 Å². The Balaban J connectivity index is 1.38. The van der Waals surface area contributed by atoms with Gasteiger partial charge in [-0.3, -0.25) is 0 Å². The van der Waals surface area contributed by atoms with Crippen LogP contribution in [0.5, 0.6) is 0 Å². The smallest absolute Gasteiger partial charge is 0.264 e. The summed E-state index contributed by atoms with van der Waals surface area (Å²) >= 11 is 2.07. The Labute approximate surface area is 403 Å². The molecule has 6 aromatic rings. The number of aryl methyl sites for hydroxylation is 2. The largest absolute Gasteiger partial charge is 0.311 e. The predicted octanol–water partition coefficient (Wildman–Crippen LogP) is 16.2. The molecule has 0 atom stereocenters. The number of rotatable bonds is 2. The number of hydrogen-bond acceptors (Lipinski definition) is 3. The molecule has 0 N–H and O–H groups in total. The SMILES string of the molecule is Cc1cc(C(C)(C)C)cc(C)c1N1c2ccc(C(C)(C)C)cc2B2c3sc4cc5c(cc4c3N(c3ccc4c(c3)C(C)(C)CCC4(C)C)c3cc(C(C)(C)C)cc1c32)C(C)(C)CCC5(C)C. The van der Waals surface area contributed by atoms with E-state index in [4.69, 9.17) is 0 Å². The maximum atomic E-state index is 2.77. The molecular weight excluding hydrogens is 816 g/mol. The van der Waals surface area contributed by atoms with E-state index in [1.54, 1.807) is 0 Å². The van der Waals surface area contributed by atoms with E-state index >= 15 is 0 Å². The van der Waals surface area contributed by atoms with Crippen molar-refractivity contribution in [1.82, 2.24) is 0 Å². The molecule has 2 nitrogen and oxygen atoms in total. The zero-order valence-corrected chi connectivity index (χ0v) is 45.0. The third-order valence-electron chi connectivity index (χ3n) is 17.0. The van der Waals surface area contributed by atoms with Crippen molar-refractivity contribution in [3.05, 3.63) is 123 Å². The minimum atomic E-state index is -0.0948. The summed E-state index contributed by atoms with van der Waals surface area (Å²) in [5.74, 6) is 0. The lowest BCUT2D eigenvalue weighted by Crippen LogP contribution is -2.60. The van der Waals surface area contributed by atoms with Crippen molar-refractivity contribution >= 4 is 78.0 Å². The molecule has 0 unspecified atom stereocenters. The fraction of sp³-hybridized carbons (Fsp3) is 0.484. The van der Waals surface area contributed by atoms with Crippen LogP contribution < -0.4 is 25.5 Å². The third-order valence-corrected chi connectivity index (χ3v) is 18.2. The van der Waals surface area contributed by atoms with Crippen LogP contribution in [0.4, 0.5) is 34.1 Å². The quantitative estimate of drug-likeness (QED) is 0.160. The highest BCUT2D eigenvalue weighted by molar-refractivity contribution is 7.33. The molecule has 66 heavy (non-hydrogen) atoms. The van der Waals surface area contributed by atoms with Crippen LogP contribution in [0.1, 0.15) is 193 Å². The van der Waals surface area contributed by atoms with Gasteiger partial charge in [-0.05, 0) is 181 Å². The van der Waals surface area contributed by atoms with Crippen LogP contribution in [0, 0.1) is 13.8 Å². The van der Waals surface area contributed by atoms with Crippen LogP contribution in [0.2, 0.25) is 0 Å². The maximum Gasteiger partial charge on any atom is 0.264 e. The second-order valence-corrected chi connectivity index (χ2v) is 28.1. The molecular formula is C62H77BN2S. The van der Waals surface area contributed by atoms with E-state index in [2.05, 4.69) is 225 Å². The van der Waals surface area contributed by atoms with E-state index < -0.39 is 0 Å². The Morgan fingerprint density at radius 2 is 0.955 bits per heavy atom. The molecule has 344 valence electrons. The van der Waals surface area contributed by atoms with E-state index in [1.807, 2.05) is 0 Å². The van der Waals surface area contributed by atoms with Gasteiger partial charge in [0.2, 0.25) is 0 Å². The summed E-state index contributed by atoms with van der Waals surface area (Å²) < 4.78 is 2.89. The summed E-state index contributed by atoms with van der Waals surface area (Å²) in [6.07, 6.45) is 4.79. The Hall–Kier alpha value is -4.28. The Bertz CT molecular complexity index is 3000. The van der Waals surface area contributed by atoms with Gasteiger partial charge in [-0.25, -0.2) is 0 Å². The van der Waals surface area contributed by atoms with Crippen molar-refractivity contribution in [1.29, 1.82) is 0 Å². The monoisotopic (exact) mass is 893 g/mol. The van der Waals surface area contributed by atoms with Gasteiger partial charge in [0.05, 0.1) is 11.4 Å². The van der Waals surface area contributed by atoms with Crippen molar-refractivity contribution in [3.63, 3.8) is 0 Å². The Morgan fingerprint density at radius 3 is 1.50 bits per heavy atom. The van der Waals surface area contributed by atoms with Crippen molar-refractivity contribution in [2.45, 2.75) is 195 Å². The fourth-order valence-corrected chi connectivity index (χ4v) is 13.8. The van der Waals surface area contributed by atoms with Gasteiger partial charge in [0.15, 0.2) is 0 Å². The molecule has 0 amide bonds. The molecule has 0 spiro atoms. The second-order valence-electron chi connectivity index (χ2n) is 27.0. The minimum absolute atomic E-state index is 0.0110. The third kappa shape index (κ3) is 6.82. The lowest BCUT2D eigenvalue weighted by molar-refractivity contribution is 0.332. The number of anilines is 6. The topological polar surface area (TPSA) is 6.48 Å². The normalized spacial score (nSPS) is 19.0. The highest BCUT2D eigenvalue weighted by atomic mass is 32.1. The molecule has 0 saturated heterocycles. The summed E-state index contributed by atoms with van der Waals surface area (Å²) in [6.45, 7) is 46.0. The average Bonchev–Trinajstić information content (AvgIpc) is 3.58. The van der Waals surface area contributed by atoms with Crippen molar-refractivity contribution < 1.29 is 0 Å². The van der Waals surface area contributed by atoms with Crippen LogP contribution in [-0.4, -0.2) is 6.71 Å². The van der Waals surface area contributed by atoms with Gasteiger partial charge in [0.1, 0.15) is 0 Å². The Kier molecular flexibility index (Phi) is 9.76. The van der Waals surface area contributed by atoms with Crippen LogP contribution >= 0.6 is 11.3 Å². The van der Waals surface area contributed by atoms with Gasteiger partial charge in [-0.15, -0.1) is 11.3 Å². The van der Waals surface area contributed by atoms with E-state index in [1.165, 1.54) is 136 Å². The molecule has 0 bridgehead atoms. The Morgan fingerprint density at radius 1 is 0.470 bits per heavy atom. The zero-order chi connectivity index (χ0) is 47.8. The minimum Gasteiger partial charge on any atom is -0.311 e. The molecule has 5 aromatic carbocycles. The number of hydrogen-bond donors (Lipinski definition) is 0. The lowest BCUT2D eigenvalue weighted by Gasteiger charge is -2.46. The molecule has 2 aliphatic heterocycles. The van der Waals surface area contributed by atoms with Gasteiger partial charge in [-0.1, -0.05) is 148 Å². The van der Waals surface area contributed by atoms with Gasteiger partial charge < -0.3 is 9.80 Å². The van der Waals surface area contributed by atoms with Gasteiger partial charge in [0.25, 0.3) is 6.71 Å². The van der Waals surface area contributed by atoms with E-state index in [0.717, 1.165) is 0 Å². The van der Waals surface area contributed by atoms with Crippen molar-refractivity contribution in [2.75, 3.05) is 9.80 Å². The van der Waals surface area contributed by atoms with Crippen LogP contribution in [0.25, 0.3) is 10.1 Å². The molecule has 0 fully saturated rings. The first-order valence-corrected chi connectivity index (χ1v) is 26.0. The second kappa shape index (κ2) is 14.2. The predicted molar refractivity (Wildman–Crippen MR) is 292 cm³/mol. The molecule has 4 heteroatoms. The molecule has 0 radical (unpaired) electrons. The molecule has 2 aliphatic carbocycles. The van der Waals surface area contributed by atoms with Crippen LogP contribution in [-0.2, 0) is 37.9 Å². The first kappa shape index (κ1) is 45.5. The average molecular weight is 893 g/mol. The van der Waals surface area contributed by atoms with E-state index in [0.29, 0.717) is 0 Å². The summed E-state index contributed by atoms with van der Waals surface area (Å²) in [7, 11) is 0. The zero-order valence-electron chi connectivity index (χ0n) is 44.1. The summed E-state index contributed by atoms with van der Waals surface area (Å²) in [6, 6.07) is 30.6. The fourth-order valence-electron chi connectivity index (χ4n) is 12.4. The summed E-state index contributed by atoms with van der Waals surface area (Å²) in [5.41, 5.74) is 24.0. The molecule has 3 heterocycles. The standard InChI is InChI=1S/C62H77BN2S/c1-36-28-39(57(6,7)8)29-37(2)53(36)65-48-23-20-38(56(3,4)5)30-47(48)63-52-49(31-40(32-50(52)65)58(9,10)11)64(41-21-22-43-44(33-41)60(14,15)25-24-59(43,12)13)54-42-34-45-46(35-51(42)66-55(54)63)62(18,19)27-26-61(45,16)17/h20-23,28-35H,24-27H2,1-19H3. The first-order chi connectivity index (χ1) is 30.4. The van der Waals surface area contributed by atoms with Crippen molar-refractivity contribution in [3.8, 4) is 0 Å². The van der Waals surface area contributed by atoms with Crippen molar-refractivity contribution in [2.24, 2.45) is 0 Å². The number of benzene rings is 5. The van der Waals surface area contributed by atoms with Crippen LogP contribution in [0.3, 0.4) is 0 Å². The maximum absolute atomic E-state index is 2.77. The molecule has 1 aromatic heterocycles. The number of nitrogens with zero attached hydrogens (tertiary/aromatic N) is 2. The summed E-state index contributed by atoms with van der Waals surface area (Å²) in [4.78, 5) is 5.46. The number of thiophene rings is 1. The number of fused-ring (bicyclic) bond motifs is 8. The molecule has 0 saturated carbocycles. The highest BCUT2D eigenvalue weighted by Gasteiger charge is 2.48. The molecule has 4 aliphatic rings. The van der Waals surface area contributed by atoms with Gasteiger partial charge in [0, 0.05) is 37.6 Å².